The molecule has 3 N–H and O–H groups in total. The molecule has 1 aromatic rings. The summed E-state index contributed by atoms with van der Waals surface area (Å²) in [4.78, 5) is 15.6. The second-order valence-electron chi connectivity index (χ2n) is 3.48. The number of rotatable bonds is 1. The van der Waals surface area contributed by atoms with Crippen molar-refractivity contribution >= 4 is 34.3 Å². The number of amidine groups is 1. The first-order chi connectivity index (χ1) is 8.74. The van der Waals surface area contributed by atoms with Crippen LogP contribution >= 0.6 is 11.8 Å². The van der Waals surface area contributed by atoms with Crippen molar-refractivity contribution in [1.82, 2.24) is 10.6 Å². The van der Waals surface area contributed by atoms with Gasteiger partial charge >= 0.3 is 6.03 Å². The van der Waals surface area contributed by atoms with Gasteiger partial charge in [0.2, 0.25) is 0 Å². The van der Waals surface area contributed by atoms with Crippen LogP contribution in [0, 0.1) is 11.5 Å². The maximum atomic E-state index is 11.3. The van der Waals surface area contributed by atoms with Crippen LogP contribution in [0.2, 0.25) is 0 Å². The van der Waals surface area contributed by atoms with Gasteiger partial charge in [0.1, 0.15) is 0 Å². The monoisotopic (exact) mass is 261 g/mol. The van der Waals surface area contributed by atoms with E-state index < -0.39 is 0 Å². The van der Waals surface area contributed by atoms with Crippen molar-refractivity contribution in [3.05, 3.63) is 23.8 Å². The smallest absolute Gasteiger partial charge is 0.319 e. The van der Waals surface area contributed by atoms with E-state index in [-0.39, 0.29) is 6.03 Å². The molecule has 0 fully saturated rings. The molecule has 1 aliphatic rings. The van der Waals surface area contributed by atoms with Crippen LogP contribution in [0.3, 0.4) is 0 Å². The maximum Gasteiger partial charge on any atom is 0.319 e. The molecule has 0 aliphatic carbocycles. The second-order valence-corrected chi connectivity index (χ2v) is 4.27. The van der Waals surface area contributed by atoms with Gasteiger partial charge in [-0.3, -0.25) is 5.32 Å². The maximum absolute atomic E-state index is 11.3. The van der Waals surface area contributed by atoms with Crippen LogP contribution in [0.1, 0.15) is 5.56 Å². The lowest BCUT2D eigenvalue weighted by Gasteiger charge is -2.19. The summed E-state index contributed by atoms with van der Waals surface area (Å²) in [6.07, 6.45) is 3.64. The summed E-state index contributed by atoms with van der Waals surface area (Å²) < 4.78 is 0. The molecule has 2 amide bonds. The molecule has 0 radical (unpaired) electrons. The minimum absolute atomic E-state index is 0.246. The summed E-state index contributed by atoms with van der Waals surface area (Å²) in [5, 5.41) is 17.0. The summed E-state index contributed by atoms with van der Waals surface area (Å²) in [7, 11) is 0. The van der Waals surface area contributed by atoms with Crippen LogP contribution in [-0.4, -0.2) is 17.5 Å². The van der Waals surface area contributed by atoms with E-state index in [4.69, 9.17) is 5.26 Å². The first-order valence-corrected chi connectivity index (χ1v) is 6.41. The van der Waals surface area contributed by atoms with Crippen molar-refractivity contribution in [2.24, 2.45) is 4.99 Å². The number of carbonyl (C=O) groups is 1. The van der Waals surface area contributed by atoms with Crippen LogP contribution in [0.4, 0.5) is 16.2 Å². The van der Waals surface area contributed by atoms with E-state index >= 15 is 0 Å². The Morgan fingerprint density at radius 1 is 1.61 bits per heavy atom. The van der Waals surface area contributed by atoms with Gasteiger partial charge in [0.05, 0.1) is 11.4 Å². The number of nitrogens with zero attached hydrogens (tertiary/aromatic N) is 2. The molecule has 18 heavy (non-hydrogen) atoms. The number of urea groups is 1. The lowest BCUT2D eigenvalue weighted by molar-refractivity contribution is 0.251. The topological polar surface area (TPSA) is 89.3 Å². The quantitative estimate of drug-likeness (QED) is 0.311. The van der Waals surface area contributed by atoms with Crippen LogP contribution < -0.4 is 16.0 Å². The molecule has 0 spiro atoms. The fourth-order valence-corrected chi connectivity index (χ4v) is 1.92. The first-order valence-electron chi connectivity index (χ1n) is 5.19. The Kier molecular flexibility index (Phi) is 3.69. The van der Waals surface area contributed by atoms with E-state index in [0.29, 0.717) is 23.1 Å². The molecule has 0 atom stereocenters. The Labute approximate surface area is 108 Å². The number of benzene rings is 1. The third kappa shape index (κ3) is 2.55. The molecule has 2 rings (SSSR count). The Balaban J connectivity index is 2.40. The molecular formula is C11H11N5OS. The third-order valence-corrected chi connectivity index (χ3v) is 2.96. The zero-order valence-electron chi connectivity index (χ0n) is 9.65. The molecule has 1 aliphatic heterocycles. The predicted octanol–water partition coefficient (Wildman–Crippen LogP) is 1.74. The standard InChI is InChI=1S/C11H11N5OS/c1-18-11(14-6-12)15-8-4-2-3-7-5-13-10(17)16-9(7)8/h2-4H,5H2,1H3,(H,14,15)(H2,13,16,17). The van der Waals surface area contributed by atoms with Crippen molar-refractivity contribution in [2.75, 3.05) is 11.6 Å². The molecular weight excluding hydrogens is 250 g/mol. The molecule has 0 saturated heterocycles. The van der Waals surface area contributed by atoms with Crippen LogP contribution in [-0.2, 0) is 6.54 Å². The zero-order chi connectivity index (χ0) is 13.0. The Bertz CT molecular complexity index is 549. The summed E-state index contributed by atoms with van der Waals surface area (Å²) in [6.45, 7) is 0.477. The number of carbonyl (C=O) groups excluding carboxylic acids is 1. The number of amides is 2. The molecule has 0 saturated carbocycles. The number of aliphatic imine (C=N–C) groups is 1. The minimum Gasteiger partial charge on any atom is -0.334 e. The molecule has 0 aromatic heterocycles. The lowest BCUT2D eigenvalue weighted by atomic mass is 10.1. The first kappa shape index (κ1) is 12.3. The van der Waals surface area contributed by atoms with Crippen molar-refractivity contribution in [2.45, 2.75) is 6.54 Å². The number of hydrogen-bond acceptors (Lipinski definition) is 4. The highest BCUT2D eigenvalue weighted by Crippen LogP contribution is 2.31. The van der Waals surface area contributed by atoms with E-state index in [1.165, 1.54) is 11.8 Å². The van der Waals surface area contributed by atoms with Crippen LogP contribution in [0.25, 0.3) is 0 Å². The normalized spacial score (nSPS) is 14.0. The molecule has 1 heterocycles. The third-order valence-electron chi connectivity index (χ3n) is 2.38. The van der Waals surface area contributed by atoms with Gasteiger partial charge < -0.3 is 10.6 Å². The number of thioether (sulfide) groups is 1. The van der Waals surface area contributed by atoms with Crippen molar-refractivity contribution < 1.29 is 4.79 Å². The van der Waals surface area contributed by atoms with Gasteiger partial charge in [-0.25, -0.2) is 9.79 Å². The summed E-state index contributed by atoms with van der Waals surface area (Å²) >= 11 is 1.33. The van der Waals surface area contributed by atoms with Gasteiger partial charge in [0.25, 0.3) is 0 Å². The van der Waals surface area contributed by atoms with E-state index in [1.807, 2.05) is 24.6 Å². The largest absolute Gasteiger partial charge is 0.334 e. The molecule has 6 nitrogen and oxygen atoms in total. The van der Waals surface area contributed by atoms with Gasteiger partial charge in [-0.15, -0.1) is 0 Å². The number of nitriles is 1. The van der Waals surface area contributed by atoms with E-state index in [9.17, 15) is 4.79 Å². The molecule has 7 heteroatoms. The van der Waals surface area contributed by atoms with Gasteiger partial charge in [-0.05, 0) is 17.9 Å². The van der Waals surface area contributed by atoms with Gasteiger partial charge in [0, 0.05) is 6.54 Å². The molecule has 1 aromatic carbocycles. The van der Waals surface area contributed by atoms with Crippen molar-refractivity contribution in [3.8, 4) is 6.19 Å². The summed E-state index contributed by atoms with van der Waals surface area (Å²) in [6, 6.07) is 5.32. The molecule has 0 unspecified atom stereocenters. The second kappa shape index (κ2) is 5.42. The number of para-hydroxylation sites is 1. The Morgan fingerprint density at radius 2 is 2.44 bits per heavy atom. The van der Waals surface area contributed by atoms with Crippen molar-refractivity contribution in [1.29, 1.82) is 5.26 Å². The highest BCUT2D eigenvalue weighted by atomic mass is 32.2. The number of nitrogens with one attached hydrogen (secondary N) is 3. The average molecular weight is 261 g/mol. The Hall–Kier alpha value is -2.20. The minimum atomic E-state index is -0.246. The SMILES string of the molecule is CSC(=Nc1cccc2c1NC(=O)NC2)NC#N. The molecule has 92 valence electrons. The van der Waals surface area contributed by atoms with E-state index in [0.717, 1.165) is 5.56 Å². The number of hydrogen-bond donors (Lipinski definition) is 3. The number of anilines is 1. The summed E-state index contributed by atoms with van der Waals surface area (Å²) in [5.41, 5.74) is 2.29. The van der Waals surface area contributed by atoms with E-state index in [1.54, 1.807) is 6.07 Å². The van der Waals surface area contributed by atoms with Gasteiger partial charge in [-0.2, -0.15) is 5.26 Å². The van der Waals surface area contributed by atoms with Gasteiger partial charge in [-0.1, -0.05) is 23.9 Å². The predicted molar refractivity (Wildman–Crippen MR) is 71.7 cm³/mol. The summed E-state index contributed by atoms with van der Waals surface area (Å²) in [5.74, 6) is 0. The molecule has 0 bridgehead atoms. The Morgan fingerprint density at radius 3 is 3.17 bits per heavy atom. The van der Waals surface area contributed by atoms with Crippen LogP contribution in [0.5, 0.6) is 0 Å². The fraction of sp³-hybridized carbons (Fsp3) is 0.182. The number of fused-ring (bicyclic) bond motifs is 1. The average Bonchev–Trinajstić information content (AvgIpc) is 2.38. The zero-order valence-corrected chi connectivity index (χ0v) is 10.5. The van der Waals surface area contributed by atoms with Gasteiger partial charge in [0.15, 0.2) is 11.4 Å². The fourth-order valence-electron chi connectivity index (χ4n) is 1.59. The highest BCUT2D eigenvalue weighted by Gasteiger charge is 2.16. The van der Waals surface area contributed by atoms with Crippen molar-refractivity contribution in [3.63, 3.8) is 0 Å². The lowest BCUT2D eigenvalue weighted by Crippen LogP contribution is -2.33. The highest BCUT2D eigenvalue weighted by molar-refractivity contribution is 8.13. The van der Waals surface area contributed by atoms with E-state index in [2.05, 4.69) is 20.9 Å². The van der Waals surface area contributed by atoms with Crippen LogP contribution in [0.15, 0.2) is 23.2 Å².